The maximum atomic E-state index is 5.94. The highest BCUT2D eigenvalue weighted by Gasteiger charge is 2.28. The quantitative estimate of drug-likeness (QED) is 0.652. The lowest BCUT2D eigenvalue weighted by molar-refractivity contribution is -0.439. The van der Waals surface area contributed by atoms with Gasteiger partial charge in [-0.1, -0.05) is 27.5 Å². The van der Waals surface area contributed by atoms with Crippen molar-refractivity contribution in [1.29, 1.82) is 0 Å². The van der Waals surface area contributed by atoms with Crippen molar-refractivity contribution < 1.29 is 5.73 Å². The summed E-state index contributed by atoms with van der Waals surface area (Å²) in [4.78, 5) is 8.75. The Hall–Kier alpha value is -1.17. The molecule has 0 aliphatic carbocycles. The third-order valence-corrected chi connectivity index (χ3v) is 4.50. The second-order valence-corrected chi connectivity index (χ2v) is 5.89. The van der Waals surface area contributed by atoms with Crippen LogP contribution in [0.3, 0.4) is 0 Å². The molecular weight excluding hydrogens is 340 g/mol. The molecular formula is C14H17BrClN4+. The van der Waals surface area contributed by atoms with E-state index in [1.54, 1.807) is 6.07 Å². The Morgan fingerprint density at radius 3 is 2.90 bits per heavy atom. The van der Waals surface area contributed by atoms with E-state index in [1.165, 1.54) is 0 Å². The van der Waals surface area contributed by atoms with Crippen LogP contribution in [0.5, 0.6) is 0 Å². The first kappa shape index (κ1) is 15.2. The molecule has 0 radical (unpaired) electrons. The van der Waals surface area contributed by atoms with E-state index in [2.05, 4.69) is 43.9 Å². The molecule has 0 aliphatic rings. The van der Waals surface area contributed by atoms with Gasteiger partial charge in [0, 0.05) is 30.6 Å². The van der Waals surface area contributed by atoms with Crippen molar-refractivity contribution in [1.82, 2.24) is 15.3 Å². The lowest BCUT2D eigenvalue weighted by Crippen LogP contribution is -2.72. The molecule has 6 heteroatoms. The standard InChI is InChI=1S/C14H16BrClN4/c1-14(17,8-15)10(7-18-2)9-5-12-11(19-6-9)3-4-13(16)20-12/h3-7,18H,8,17H2,1-2H3/p+1/b10-7-. The summed E-state index contributed by atoms with van der Waals surface area (Å²) in [6.07, 6.45) is 3.79. The molecule has 0 aromatic carbocycles. The molecule has 1 unspecified atom stereocenters. The number of alkyl halides is 1. The minimum absolute atomic E-state index is 0.267. The number of hydrogen-bond acceptors (Lipinski definition) is 3. The van der Waals surface area contributed by atoms with Gasteiger partial charge in [0.15, 0.2) is 0 Å². The first-order valence-electron chi connectivity index (χ1n) is 6.20. The number of fused-ring (bicyclic) bond motifs is 1. The van der Waals surface area contributed by atoms with E-state index in [-0.39, 0.29) is 5.54 Å². The highest BCUT2D eigenvalue weighted by atomic mass is 79.9. The van der Waals surface area contributed by atoms with Crippen LogP contribution in [0.1, 0.15) is 12.5 Å². The average Bonchev–Trinajstić information content (AvgIpc) is 2.43. The van der Waals surface area contributed by atoms with Gasteiger partial charge in [-0.3, -0.25) is 4.98 Å². The zero-order chi connectivity index (χ0) is 14.8. The maximum Gasteiger partial charge on any atom is 0.129 e. The third-order valence-electron chi connectivity index (χ3n) is 3.05. The molecule has 2 heterocycles. The largest absolute Gasteiger partial charge is 0.394 e. The van der Waals surface area contributed by atoms with Crippen LogP contribution in [0, 0.1) is 0 Å². The number of aromatic nitrogens is 2. The second kappa shape index (κ2) is 6.08. The highest BCUT2D eigenvalue weighted by molar-refractivity contribution is 9.09. The van der Waals surface area contributed by atoms with Crippen LogP contribution < -0.4 is 11.1 Å². The first-order chi connectivity index (χ1) is 9.47. The van der Waals surface area contributed by atoms with Gasteiger partial charge in [-0.05, 0) is 25.1 Å². The molecule has 1 atom stereocenters. The highest BCUT2D eigenvalue weighted by Crippen LogP contribution is 2.26. The van der Waals surface area contributed by atoms with E-state index in [9.17, 15) is 0 Å². The minimum atomic E-state index is -0.267. The van der Waals surface area contributed by atoms with Crippen LogP contribution in [-0.4, -0.2) is 27.9 Å². The molecule has 4 N–H and O–H groups in total. The van der Waals surface area contributed by atoms with Crippen LogP contribution in [0.25, 0.3) is 16.6 Å². The number of nitrogens with one attached hydrogen (secondary N) is 1. The van der Waals surface area contributed by atoms with E-state index in [0.717, 1.165) is 27.5 Å². The summed E-state index contributed by atoms with van der Waals surface area (Å²) in [6, 6.07) is 5.60. The molecule has 2 aromatic rings. The number of rotatable bonds is 4. The Bertz CT molecular complexity index is 655. The van der Waals surface area contributed by atoms with Crippen LogP contribution in [-0.2, 0) is 0 Å². The summed E-state index contributed by atoms with van der Waals surface area (Å²) in [5, 5.41) is 4.28. The van der Waals surface area contributed by atoms with Crippen molar-refractivity contribution in [3.05, 3.63) is 41.3 Å². The molecule has 0 bridgehead atoms. The van der Waals surface area contributed by atoms with Crippen molar-refractivity contribution >= 4 is 44.1 Å². The van der Waals surface area contributed by atoms with Crippen molar-refractivity contribution in [3.63, 3.8) is 0 Å². The van der Waals surface area contributed by atoms with Crippen LogP contribution >= 0.6 is 27.5 Å². The number of hydrogen-bond donors (Lipinski definition) is 2. The molecule has 0 saturated heterocycles. The Labute approximate surface area is 131 Å². The van der Waals surface area contributed by atoms with E-state index < -0.39 is 0 Å². The molecule has 20 heavy (non-hydrogen) atoms. The predicted octanol–water partition coefficient (Wildman–Crippen LogP) is 2.24. The predicted molar refractivity (Wildman–Crippen MR) is 86.7 cm³/mol. The van der Waals surface area contributed by atoms with Crippen LogP contribution in [0.4, 0.5) is 0 Å². The van der Waals surface area contributed by atoms with Crippen molar-refractivity contribution in [2.24, 2.45) is 0 Å². The Balaban J connectivity index is 2.57. The number of pyridine rings is 2. The van der Waals surface area contributed by atoms with Crippen LogP contribution in [0.15, 0.2) is 30.6 Å². The first-order valence-corrected chi connectivity index (χ1v) is 7.70. The molecule has 4 nitrogen and oxygen atoms in total. The van der Waals surface area contributed by atoms with Gasteiger partial charge in [0.05, 0.1) is 16.4 Å². The normalized spacial score (nSPS) is 15.2. The Kier molecular flexibility index (Phi) is 4.62. The SMILES string of the molecule is CN/C=C(/c1cnc2ccc(Cl)nc2c1)C(C)([NH3+])CBr. The average molecular weight is 357 g/mol. The van der Waals surface area contributed by atoms with Gasteiger partial charge in [0.2, 0.25) is 0 Å². The Morgan fingerprint density at radius 2 is 2.25 bits per heavy atom. The molecule has 0 spiro atoms. The summed E-state index contributed by atoms with van der Waals surface area (Å²) in [5.74, 6) is 0. The summed E-state index contributed by atoms with van der Waals surface area (Å²) >= 11 is 9.46. The second-order valence-electron chi connectivity index (χ2n) is 4.94. The van der Waals surface area contributed by atoms with Gasteiger partial charge in [-0.15, -0.1) is 0 Å². The minimum Gasteiger partial charge on any atom is -0.394 e. The monoisotopic (exact) mass is 355 g/mol. The summed E-state index contributed by atoms with van der Waals surface area (Å²) in [5.41, 5.74) is 7.64. The van der Waals surface area contributed by atoms with E-state index >= 15 is 0 Å². The van der Waals surface area contributed by atoms with Gasteiger partial charge in [-0.25, -0.2) is 4.98 Å². The fraction of sp³-hybridized carbons (Fsp3) is 0.286. The zero-order valence-electron chi connectivity index (χ0n) is 11.5. The van der Waals surface area contributed by atoms with E-state index in [0.29, 0.717) is 5.15 Å². The fourth-order valence-electron chi connectivity index (χ4n) is 1.95. The lowest BCUT2D eigenvalue weighted by Gasteiger charge is -2.22. The van der Waals surface area contributed by atoms with Gasteiger partial charge in [0.1, 0.15) is 10.7 Å². The number of halogens is 2. The van der Waals surface area contributed by atoms with Crippen molar-refractivity contribution in [2.45, 2.75) is 12.5 Å². The van der Waals surface area contributed by atoms with Crippen molar-refractivity contribution in [2.75, 3.05) is 12.4 Å². The summed E-state index contributed by atoms with van der Waals surface area (Å²) in [7, 11) is 1.87. The maximum absolute atomic E-state index is 5.94. The molecule has 2 aromatic heterocycles. The van der Waals surface area contributed by atoms with Crippen molar-refractivity contribution in [3.8, 4) is 0 Å². The molecule has 0 aliphatic heterocycles. The summed E-state index contributed by atoms with van der Waals surface area (Å²) in [6.45, 7) is 2.07. The van der Waals surface area contributed by atoms with Gasteiger partial charge in [-0.2, -0.15) is 0 Å². The zero-order valence-corrected chi connectivity index (χ0v) is 13.8. The van der Waals surface area contributed by atoms with Gasteiger partial charge < -0.3 is 11.1 Å². The topological polar surface area (TPSA) is 65.5 Å². The Morgan fingerprint density at radius 1 is 1.50 bits per heavy atom. The van der Waals surface area contributed by atoms with E-state index in [4.69, 9.17) is 11.6 Å². The fourth-order valence-corrected chi connectivity index (χ4v) is 2.41. The number of quaternary nitrogens is 1. The lowest BCUT2D eigenvalue weighted by atomic mass is 9.90. The van der Waals surface area contributed by atoms with E-state index in [1.807, 2.05) is 31.6 Å². The molecule has 0 saturated carbocycles. The van der Waals surface area contributed by atoms with Crippen LogP contribution in [0.2, 0.25) is 5.15 Å². The smallest absolute Gasteiger partial charge is 0.129 e. The van der Waals surface area contributed by atoms with Gasteiger partial charge >= 0.3 is 0 Å². The molecule has 0 fully saturated rings. The molecule has 106 valence electrons. The summed E-state index contributed by atoms with van der Waals surface area (Å²) < 4.78 is 0. The molecule has 2 rings (SSSR count). The number of nitrogens with zero attached hydrogens (tertiary/aromatic N) is 2. The van der Waals surface area contributed by atoms with Gasteiger partial charge in [0.25, 0.3) is 0 Å². The molecule has 0 amide bonds. The third kappa shape index (κ3) is 3.11.